The predicted molar refractivity (Wildman–Crippen MR) is 127 cm³/mol. The van der Waals surface area contributed by atoms with E-state index in [4.69, 9.17) is 4.74 Å². The van der Waals surface area contributed by atoms with Gasteiger partial charge in [0.1, 0.15) is 10.8 Å². The molecule has 4 rings (SSSR count). The first-order chi connectivity index (χ1) is 15.3. The van der Waals surface area contributed by atoms with Crippen molar-refractivity contribution in [3.05, 3.63) is 59.9 Å². The third-order valence-corrected chi connectivity index (χ3v) is 5.96. The van der Waals surface area contributed by atoms with Crippen LogP contribution in [0.4, 0.5) is 5.69 Å². The summed E-state index contributed by atoms with van der Waals surface area (Å²) in [5, 5.41) is 16.8. The Labute approximate surface area is 191 Å². The fourth-order valence-electron chi connectivity index (χ4n) is 3.28. The maximum Gasteiger partial charge on any atom is 0.262 e. The first-order valence-corrected chi connectivity index (χ1v) is 11.5. The fourth-order valence-corrected chi connectivity index (χ4v) is 4.14. The predicted octanol–water partition coefficient (Wildman–Crippen LogP) is 5.12. The topological polar surface area (TPSA) is 81.4 Å². The summed E-state index contributed by atoms with van der Waals surface area (Å²) in [5.41, 5.74) is 2.91. The van der Waals surface area contributed by atoms with Gasteiger partial charge in [0.25, 0.3) is 5.91 Å². The van der Waals surface area contributed by atoms with Crippen LogP contribution in [-0.2, 0) is 16.6 Å². The number of amides is 1. The number of anilines is 1. The third kappa shape index (κ3) is 4.96. The number of nitrogens with one attached hydrogen (secondary N) is 1. The van der Waals surface area contributed by atoms with Gasteiger partial charge in [-0.25, -0.2) is 0 Å². The van der Waals surface area contributed by atoms with Crippen molar-refractivity contribution < 1.29 is 9.53 Å². The van der Waals surface area contributed by atoms with Crippen molar-refractivity contribution in [1.82, 2.24) is 19.8 Å². The Morgan fingerprint density at radius 3 is 2.62 bits per heavy atom. The monoisotopic (exact) mass is 449 g/mol. The molecule has 0 aliphatic heterocycles. The molecule has 32 heavy (non-hydrogen) atoms. The summed E-state index contributed by atoms with van der Waals surface area (Å²) < 4.78 is 7.45. The van der Waals surface area contributed by atoms with E-state index in [9.17, 15) is 4.79 Å². The van der Waals surface area contributed by atoms with Crippen LogP contribution >= 0.6 is 11.3 Å². The lowest BCUT2D eigenvalue weighted by molar-refractivity contribution is -0.118. The SMILES string of the molecule is CCCc1nnc2sc(-c3cccc(NC(=O)COc4ccc(C(C)(C)C)cc4)c3)nn12. The fraction of sp³-hybridized carbons (Fsp3) is 0.333. The Bertz CT molecular complexity index is 1220. The lowest BCUT2D eigenvalue weighted by Gasteiger charge is -2.19. The lowest BCUT2D eigenvalue weighted by atomic mass is 9.87. The van der Waals surface area contributed by atoms with E-state index in [1.54, 1.807) is 4.52 Å². The highest BCUT2D eigenvalue weighted by Gasteiger charge is 2.14. The summed E-state index contributed by atoms with van der Waals surface area (Å²) in [6, 6.07) is 15.5. The highest BCUT2D eigenvalue weighted by molar-refractivity contribution is 7.19. The zero-order valence-electron chi connectivity index (χ0n) is 18.8. The molecule has 0 aliphatic carbocycles. The Kier molecular flexibility index (Phi) is 6.23. The minimum absolute atomic E-state index is 0.0593. The minimum Gasteiger partial charge on any atom is -0.484 e. The van der Waals surface area contributed by atoms with Crippen LogP contribution < -0.4 is 10.1 Å². The number of aryl methyl sites for hydroxylation is 1. The van der Waals surface area contributed by atoms with Crippen LogP contribution in [0.2, 0.25) is 0 Å². The third-order valence-electron chi connectivity index (χ3n) is 5.01. The van der Waals surface area contributed by atoms with Crippen molar-refractivity contribution in [1.29, 1.82) is 0 Å². The van der Waals surface area contributed by atoms with Crippen LogP contribution in [-0.4, -0.2) is 32.3 Å². The number of rotatable bonds is 7. The van der Waals surface area contributed by atoms with Crippen LogP contribution in [0.25, 0.3) is 15.5 Å². The smallest absolute Gasteiger partial charge is 0.262 e. The molecule has 0 aliphatic rings. The summed E-state index contributed by atoms with van der Waals surface area (Å²) in [7, 11) is 0. The molecule has 0 unspecified atom stereocenters. The van der Waals surface area contributed by atoms with Gasteiger partial charge in [-0.15, -0.1) is 10.2 Å². The molecule has 1 N–H and O–H groups in total. The van der Waals surface area contributed by atoms with Gasteiger partial charge in [-0.05, 0) is 41.7 Å². The second kappa shape index (κ2) is 9.08. The molecule has 0 radical (unpaired) electrons. The van der Waals surface area contributed by atoms with Gasteiger partial charge in [-0.1, -0.05) is 63.3 Å². The average Bonchev–Trinajstić information content (AvgIpc) is 3.34. The number of benzene rings is 2. The summed E-state index contributed by atoms with van der Waals surface area (Å²) in [6.07, 6.45) is 1.82. The molecule has 0 saturated heterocycles. The number of hydrogen-bond acceptors (Lipinski definition) is 6. The van der Waals surface area contributed by atoms with Crippen LogP contribution in [0.3, 0.4) is 0 Å². The molecular formula is C24H27N5O2S. The second-order valence-corrected chi connectivity index (χ2v) is 9.62. The summed E-state index contributed by atoms with van der Waals surface area (Å²) in [6.45, 7) is 8.53. The standard InChI is InChI=1S/C24H27N5O2S/c1-5-7-20-26-27-23-29(20)28-22(32-23)16-8-6-9-18(14-16)25-21(30)15-31-19-12-10-17(11-13-19)24(2,3)4/h6,8-14H,5,7,15H2,1-4H3,(H,25,30). The molecule has 2 aromatic carbocycles. The Balaban J connectivity index is 1.40. The van der Waals surface area contributed by atoms with Gasteiger partial charge in [0.05, 0.1) is 0 Å². The van der Waals surface area contributed by atoms with E-state index < -0.39 is 0 Å². The summed E-state index contributed by atoms with van der Waals surface area (Å²) in [4.78, 5) is 13.2. The Morgan fingerprint density at radius 1 is 1.12 bits per heavy atom. The lowest BCUT2D eigenvalue weighted by Crippen LogP contribution is -2.20. The van der Waals surface area contributed by atoms with Gasteiger partial charge in [0.15, 0.2) is 12.4 Å². The van der Waals surface area contributed by atoms with E-state index >= 15 is 0 Å². The van der Waals surface area contributed by atoms with E-state index in [1.807, 2.05) is 48.5 Å². The van der Waals surface area contributed by atoms with Gasteiger partial charge in [0.2, 0.25) is 4.96 Å². The minimum atomic E-state index is -0.217. The van der Waals surface area contributed by atoms with Crippen LogP contribution in [0.1, 0.15) is 45.5 Å². The molecule has 0 bridgehead atoms. The van der Waals surface area contributed by atoms with Crippen LogP contribution in [0.15, 0.2) is 48.5 Å². The van der Waals surface area contributed by atoms with Crippen LogP contribution in [0, 0.1) is 0 Å². The summed E-state index contributed by atoms with van der Waals surface area (Å²) >= 11 is 1.48. The molecule has 0 atom stereocenters. The van der Waals surface area contributed by atoms with Gasteiger partial charge in [-0.3, -0.25) is 4.79 Å². The Morgan fingerprint density at radius 2 is 1.91 bits per heavy atom. The van der Waals surface area contributed by atoms with E-state index in [1.165, 1.54) is 16.9 Å². The molecule has 0 saturated carbocycles. The van der Waals surface area contributed by atoms with Gasteiger partial charge in [0, 0.05) is 17.7 Å². The quantitative estimate of drug-likeness (QED) is 0.423. The van der Waals surface area contributed by atoms with E-state index in [-0.39, 0.29) is 17.9 Å². The Hall–Kier alpha value is -3.26. The number of fused-ring (bicyclic) bond motifs is 1. The number of aromatic nitrogens is 4. The van der Waals surface area contributed by atoms with Crippen molar-refractivity contribution in [3.63, 3.8) is 0 Å². The molecule has 0 fully saturated rings. The molecule has 166 valence electrons. The molecular weight excluding hydrogens is 422 g/mol. The van der Waals surface area contributed by atoms with E-state index in [0.29, 0.717) is 11.4 Å². The number of ether oxygens (including phenoxy) is 1. The van der Waals surface area contributed by atoms with Crippen molar-refractivity contribution in [3.8, 4) is 16.3 Å². The molecule has 2 aromatic heterocycles. The van der Waals surface area contributed by atoms with Crippen molar-refractivity contribution >= 4 is 27.9 Å². The van der Waals surface area contributed by atoms with Crippen LogP contribution in [0.5, 0.6) is 5.75 Å². The normalized spacial score (nSPS) is 11.6. The number of carbonyl (C=O) groups is 1. The highest BCUT2D eigenvalue weighted by atomic mass is 32.1. The second-order valence-electron chi connectivity index (χ2n) is 8.66. The maximum atomic E-state index is 12.4. The van der Waals surface area contributed by atoms with E-state index in [0.717, 1.165) is 34.2 Å². The van der Waals surface area contributed by atoms with E-state index in [2.05, 4.69) is 48.3 Å². The number of nitrogens with zero attached hydrogens (tertiary/aromatic N) is 4. The molecule has 2 heterocycles. The molecule has 4 aromatic rings. The first-order valence-electron chi connectivity index (χ1n) is 10.7. The average molecular weight is 450 g/mol. The summed E-state index contributed by atoms with van der Waals surface area (Å²) in [5.74, 6) is 1.32. The molecule has 1 amide bonds. The molecule has 8 heteroatoms. The van der Waals surface area contributed by atoms with Crippen molar-refractivity contribution in [2.24, 2.45) is 0 Å². The molecule has 7 nitrogen and oxygen atoms in total. The zero-order valence-corrected chi connectivity index (χ0v) is 19.6. The van der Waals surface area contributed by atoms with Crippen molar-refractivity contribution in [2.45, 2.75) is 46.0 Å². The number of hydrogen-bond donors (Lipinski definition) is 1. The maximum absolute atomic E-state index is 12.4. The largest absolute Gasteiger partial charge is 0.484 e. The van der Waals surface area contributed by atoms with Gasteiger partial charge in [-0.2, -0.15) is 9.61 Å². The highest BCUT2D eigenvalue weighted by Crippen LogP contribution is 2.28. The number of carbonyl (C=O) groups excluding carboxylic acids is 1. The van der Waals surface area contributed by atoms with Crippen molar-refractivity contribution in [2.75, 3.05) is 11.9 Å². The van der Waals surface area contributed by atoms with Gasteiger partial charge >= 0.3 is 0 Å². The van der Waals surface area contributed by atoms with Gasteiger partial charge < -0.3 is 10.1 Å². The molecule has 0 spiro atoms. The zero-order chi connectivity index (χ0) is 22.7. The first kappa shape index (κ1) is 22.0.